The maximum absolute atomic E-state index is 12.6. The van der Waals surface area contributed by atoms with E-state index in [4.69, 9.17) is 5.73 Å². The van der Waals surface area contributed by atoms with Crippen LogP contribution in [0.5, 0.6) is 0 Å². The number of aryl methyl sites for hydroxylation is 3. The molecular formula is C23H25N7O. The van der Waals surface area contributed by atoms with E-state index in [9.17, 15) is 4.79 Å². The summed E-state index contributed by atoms with van der Waals surface area (Å²) in [5.41, 5.74) is 11.8. The Morgan fingerprint density at radius 3 is 2.97 bits per heavy atom. The third kappa shape index (κ3) is 4.69. The van der Waals surface area contributed by atoms with Gasteiger partial charge in [-0.15, -0.1) is 5.10 Å². The van der Waals surface area contributed by atoms with Crippen LogP contribution in [0.15, 0.2) is 48.7 Å². The molecule has 0 aromatic carbocycles. The van der Waals surface area contributed by atoms with E-state index in [1.807, 2.05) is 44.2 Å². The topological polar surface area (TPSA) is 112 Å². The van der Waals surface area contributed by atoms with E-state index in [1.165, 1.54) is 0 Å². The monoisotopic (exact) mass is 415 g/mol. The van der Waals surface area contributed by atoms with Crippen molar-refractivity contribution < 1.29 is 4.79 Å². The molecule has 31 heavy (non-hydrogen) atoms. The first-order valence-corrected chi connectivity index (χ1v) is 10.2. The van der Waals surface area contributed by atoms with Crippen molar-refractivity contribution in [3.05, 3.63) is 82.6 Å². The number of nitrogens with zero attached hydrogens (tertiary/aromatic N) is 5. The maximum Gasteiger partial charge on any atom is 0.273 e. The highest BCUT2D eigenvalue weighted by atomic mass is 16.2. The highest BCUT2D eigenvalue weighted by molar-refractivity contribution is 5.92. The first-order valence-electron chi connectivity index (χ1n) is 10.2. The smallest absolute Gasteiger partial charge is 0.273 e. The summed E-state index contributed by atoms with van der Waals surface area (Å²) in [5, 5.41) is 11.1. The Hall–Kier alpha value is -3.81. The number of hydrogen-bond donors (Lipinski definition) is 2. The van der Waals surface area contributed by atoms with E-state index < -0.39 is 0 Å². The van der Waals surface area contributed by atoms with Gasteiger partial charge in [-0.3, -0.25) is 9.78 Å². The second-order valence-corrected chi connectivity index (χ2v) is 7.78. The molecule has 1 atom stereocenters. The fourth-order valence-electron chi connectivity index (χ4n) is 3.62. The van der Waals surface area contributed by atoms with Crippen molar-refractivity contribution in [3.8, 4) is 0 Å². The number of carbonyl (C=O) groups is 1. The molecule has 0 saturated heterocycles. The van der Waals surface area contributed by atoms with Crippen LogP contribution in [0, 0.1) is 13.8 Å². The summed E-state index contributed by atoms with van der Waals surface area (Å²) < 4.78 is 1.60. The Kier molecular flexibility index (Phi) is 5.62. The number of nitrogens with one attached hydrogen (secondary N) is 1. The van der Waals surface area contributed by atoms with Gasteiger partial charge in [-0.25, -0.2) is 9.67 Å². The molecule has 8 nitrogen and oxygen atoms in total. The summed E-state index contributed by atoms with van der Waals surface area (Å²) >= 11 is 0. The Morgan fingerprint density at radius 1 is 1.29 bits per heavy atom. The van der Waals surface area contributed by atoms with Crippen LogP contribution in [0.3, 0.4) is 0 Å². The van der Waals surface area contributed by atoms with Gasteiger partial charge >= 0.3 is 0 Å². The summed E-state index contributed by atoms with van der Waals surface area (Å²) in [5.74, 6) is 0.234. The Labute approximate surface area is 180 Å². The highest BCUT2D eigenvalue weighted by Gasteiger charge is 2.26. The highest BCUT2D eigenvalue weighted by Crippen LogP contribution is 2.30. The van der Waals surface area contributed by atoms with Crippen molar-refractivity contribution in [1.29, 1.82) is 0 Å². The Morgan fingerprint density at radius 2 is 2.13 bits per heavy atom. The van der Waals surface area contributed by atoms with Gasteiger partial charge in [0.25, 0.3) is 5.91 Å². The van der Waals surface area contributed by atoms with Gasteiger partial charge < -0.3 is 11.1 Å². The number of anilines is 1. The van der Waals surface area contributed by atoms with E-state index in [-0.39, 0.29) is 17.6 Å². The van der Waals surface area contributed by atoms with Gasteiger partial charge in [-0.2, -0.15) is 0 Å². The number of nitrogens with two attached hydrogens (primary N) is 1. The Balaban J connectivity index is 1.37. The lowest BCUT2D eigenvalue weighted by molar-refractivity contribution is 0.0931. The summed E-state index contributed by atoms with van der Waals surface area (Å²) in [6.45, 7) is 8.47. The third-order valence-corrected chi connectivity index (χ3v) is 5.27. The van der Waals surface area contributed by atoms with Crippen LogP contribution in [0.2, 0.25) is 0 Å². The zero-order valence-corrected chi connectivity index (χ0v) is 17.7. The zero-order valence-electron chi connectivity index (χ0n) is 17.7. The molecule has 3 aromatic heterocycles. The van der Waals surface area contributed by atoms with Crippen LogP contribution in [0.25, 0.3) is 6.08 Å². The van der Waals surface area contributed by atoms with Gasteiger partial charge in [0, 0.05) is 11.4 Å². The van der Waals surface area contributed by atoms with Gasteiger partial charge in [0.2, 0.25) is 0 Å². The number of fused-ring (bicyclic) bond motifs is 1. The van der Waals surface area contributed by atoms with E-state index in [0.717, 1.165) is 46.6 Å². The van der Waals surface area contributed by atoms with Gasteiger partial charge in [0.1, 0.15) is 5.82 Å². The molecule has 0 bridgehead atoms. The fourth-order valence-corrected chi connectivity index (χ4v) is 3.62. The minimum atomic E-state index is -0.262. The van der Waals surface area contributed by atoms with Gasteiger partial charge in [-0.05, 0) is 61.6 Å². The predicted octanol–water partition coefficient (Wildman–Crippen LogP) is 2.95. The number of hydrogen-bond acceptors (Lipinski definition) is 6. The van der Waals surface area contributed by atoms with E-state index in [0.29, 0.717) is 12.4 Å². The average molecular weight is 416 g/mol. The SMILES string of the molecule is C=C(/C=C\c1nc(C)ccc1C)Cn1cc(C(=O)NC2CCc3nc(N)ccc32)nn1. The fraction of sp³-hybridized carbons (Fsp3) is 0.261. The van der Waals surface area contributed by atoms with Crippen molar-refractivity contribution in [2.24, 2.45) is 0 Å². The molecule has 0 fully saturated rings. The largest absolute Gasteiger partial charge is 0.384 e. The Bertz CT molecular complexity index is 1180. The minimum absolute atomic E-state index is 0.0938. The lowest BCUT2D eigenvalue weighted by Crippen LogP contribution is -2.27. The minimum Gasteiger partial charge on any atom is -0.384 e. The van der Waals surface area contributed by atoms with Gasteiger partial charge in [0.05, 0.1) is 24.5 Å². The first-order chi connectivity index (χ1) is 14.9. The van der Waals surface area contributed by atoms with Crippen LogP contribution in [0.1, 0.15) is 51.2 Å². The van der Waals surface area contributed by atoms with Gasteiger partial charge in [0.15, 0.2) is 5.69 Å². The quantitative estimate of drug-likeness (QED) is 0.599. The number of pyridine rings is 2. The number of amides is 1. The molecule has 0 spiro atoms. The molecule has 1 amide bonds. The molecule has 0 radical (unpaired) electrons. The first kappa shape index (κ1) is 20.5. The molecule has 3 heterocycles. The summed E-state index contributed by atoms with van der Waals surface area (Å²) in [4.78, 5) is 21.5. The van der Waals surface area contributed by atoms with Crippen LogP contribution in [-0.2, 0) is 13.0 Å². The predicted molar refractivity (Wildman–Crippen MR) is 119 cm³/mol. The second-order valence-electron chi connectivity index (χ2n) is 7.78. The molecule has 1 aliphatic carbocycles. The summed E-state index contributed by atoms with van der Waals surface area (Å²) in [6.07, 6.45) is 7.05. The summed E-state index contributed by atoms with van der Waals surface area (Å²) in [7, 11) is 0. The average Bonchev–Trinajstić information content (AvgIpc) is 3.35. The number of nitrogen functional groups attached to an aromatic ring is 1. The molecule has 0 aliphatic heterocycles. The van der Waals surface area contributed by atoms with Crippen molar-refractivity contribution in [2.75, 3.05) is 5.73 Å². The maximum atomic E-state index is 12.6. The van der Waals surface area contributed by atoms with Crippen molar-refractivity contribution in [2.45, 2.75) is 39.3 Å². The molecule has 8 heteroatoms. The second kappa shape index (κ2) is 8.51. The van der Waals surface area contributed by atoms with E-state index in [1.54, 1.807) is 16.9 Å². The normalized spacial score (nSPS) is 15.2. The van der Waals surface area contributed by atoms with Crippen LogP contribution >= 0.6 is 0 Å². The third-order valence-electron chi connectivity index (χ3n) is 5.27. The molecule has 4 rings (SSSR count). The zero-order chi connectivity index (χ0) is 22.0. The lowest BCUT2D eigenvalue weighted by atomic mass is 10.1. The number of aromatic nitrogens is 5. The molecule has 158 valence electrons. The standard InChI is InChI=1S/C23H25N7O/c1-14(4-8-18-15(2)5-6-16(3)25-18)12-30-13-21(28-29-30)23(31)27-20-10-9-19-17(20)7-11-22(24)26-19/h4-8,11,13,20H,1,9-10,12H2,2-3H3,(H2,24,26)(H,27,31)/b8-4-. The molecule has 0 saturated carbocycles. The van der Waals surface area contributed by atoms with Crippen molar-refractivity contribution in [3.63, 3.8) is 0 Å². The number of allylic oxidation sites excluding steroid dienone is 2. The van der Waals surface area contributed by atoms with E-state index in [2.05, 4.69) is 32.2 Å². The van der Waals surface area contributed by atoms with Crippen molar-refractivity contribution in [1.82, 2.24) is 30.3 Å². The van der Waals surface area contributed by atoms with Gasteiger partial charge in [-0.1, -0.05) is 30.0 Å². The summed E-state index contributed by atoms with van der Waals surface area (Å²) in [6, 6.07) is 7.62. The molecule has 3 N–H and O–H groups in total. The van der Waals surface area contributed by atoms with Crippen molar-refractivity contribution >= 4 is 17.8 Å². The molecule has 1 unspecified atom stereocenters. The molecule has 3 aromatic rings. The van der Waals surface area contributed by atoms with Crippen LogP contribution in [0.4, 0.5) is 5.82 Å². The van der Waals surface area contributed by atoms with E-state index >= 15 is 0 Å². The lowest BCUT2D eigenvalue weighted by Gasteiger charge is -2.12. The number of rotatable bonds is 6. The van der Waals surface area contributed by atoms with Crippen LogP contribution < -0.4 is 11.1 Å². The van der Waals surface area contributed by atoms with Crippen LogP contribution in [-0.4, -0.2) is 30.9 Å². The number of carbonyl (C=O) groups excluding carboxylic acids is 1. The molecular weight excluding hydrogens is 390 g/mol. The molecule has 1 aliphatic rings.